The second kappa shape index (κ2) is 3.69. The van der Waals surface area contributed by atoms with E-state index in [1.807, 2.05) is 0 Å². The Kier molecular flexibility index (Phi) is 2.35. The van der Waals surface area contributed by atoms with Crippen molar-refractivity contribution < 1.29 is 13.9 Å². The number of furan rings is 1. The van der Waals surface area contributed by atoms with Gasteiger partial charge in [-0.25, -0.2) is 9.48 Å². The molecule has 84 valence electrons. The molecule has 16 heavy (non-hydrogen) atoms. The summed E-state index contributed by atoms with van der Waals surface area (Å²) in [7, 11) is 2.72. The van der Waals surface area contributed by atoms with Gasteiger partial charge in [-0.05, 0) is 6.07 Å². The molecule has 7 heteroatoms. The molecule has 0 bridgehead atoms. The van der Waals surface area contributed by atoms with Gasteiger partial charge in [0.25, 0.3) is 5.56 Å². The van der Waals surface area contributed by atoms with Gasteiger partial charge in [-0.2, -0.15) is 0 Å². The Bertz CT molecular complexity index is 598. The molecule has 2 heterocycles. The van der Waals surface area contributed by atoms with Crippen LogP contribution >= 0.6 is 0 Å². The summed E-state index contributed by atoms with van der Waals surface area (Å²) >= 11 is 0. The van der Waals surface area contributed by atoms with Gasteiger partial charge >= 0.3 is 6.09 Å². The first-order valence-electron chi connectivity index (χ1n) is 4.43. The number of aryl methyl sites for hydroxylation is 1. The highest BCUT2D eigenvalue weighted by Gasteiger charge is 2.13. The zero-order chi connectivity index (χ0) is 11.7. The molecular formula is C9H9N3O4. The molecule has 0 aromatic carbocycles. The number of rotatable bonds is 1. The van der Waals surface area contributed by atoms with E-state index in [2.05, 4.69) is 15.2 Å². The highest BCUT2D eigenvalue weighted by atomic mass is 16.5. The zero-order valence-corrected chi connectivity index (χ0v) is 8.68. The molecule has 0 fully saturated rings. The van der Waals surface area contributed by atoms with Crippen LogP contribution in [0.3, 0.4) is 0 Å². The number of anilines is 1. The molecular weight excluding hydrogens is 214 g/mol. The highest BCUT2D eigenvalue weighted by Crippen LogP contribution is 2.18. The van der Waals surface area contributed by atoms with Crippen molar-refractivity contribution in [2.45, 2.75) is 0 Å². The SMILES string of the molecule is COC(=O)Nc1nn(C)c(=O)c2ccoc12. The van der Waals surface area contributed by atoms with Crippen LogP contribution in [-0.4, -0.2) is 23.0 Å². The number of amides is 1. The molecule has 0 aliphatic heterocycles. The number of carbonyl (C=O) groups is 1. The number of ether oxygens (including phenoxy) is 1. The molecule has 1 amide bonds. The third kappa shape index (κ3) is 1.52. The van der Waals surface area contributed by atoms with Crippen LogP contribution in [0.2, 0.25) is 0 Å². The van der Waals surface area contributed by atoms with Gasteiger partial charge in [0.05, 0.1) is 18.8 Å². The van der Waals surface area contributed by atoms with Crippen molar-refractivity contribution in [2.24, 2.45) is 7.05 Å². The Labute approximate surface area is 89.6 Å². The van der Waals surface area contributed by atoms with E-state index in [1.165, 1.54) is 26.5 Å². The molecule has 7 nitrogen and oxygen atoms in total. The fourth-order valence-electron chi connectivity index (χ4n) is 1.31. The maximum absolute atomic E-state index is 11.6. The summed E-state index contributed by atoms with van der Waals surface area (Å²) in [5.41, 5.74) is -0.0623. The molecule has 2 rings (SSSR count). The summed E-state index contributed by atoms with van der Waals surface area (Å²) in [6, 6.07) is 1.52. The summed E-state index contributed by atoms with van der Waals surface area (Å²) in [6.07, 6.45) is 0.680. The molecule has 0 unspecified atom stereocenters. The minimum atomic E-state index is -0.677. The lowest BCUT2D eigenvalue weighted by molar-refractivity contribution is 0.186. The fourth-order valence-corrected chi connectivity index (χ4v) is 1.31. The van der Waals surface area contributed by atoms with Gasteiger partial charge in [-0.15, -0.1) is 5.10 Å². The van der Waals surface area contributed by atoms with E-state index in [1.54, 1.807) is 0 Å². The van der Waals surface area contributed by atoms with Gasteiger partial charge < -0.3 is 9.15 Å². The van der Waals surface area contributed by atoms with Crippen molar-refractivity contribution in [3.8, 4) is 0 Å². The minimum Gasteiger partial charge on any atom is -0.460 e. The van der Waals surface area contributed by atoms with Gasteiger partial charge in [0.15, 0.2) is 11.4 Å². The van der Waals surface area contributed by atoms with Crippen molar-refractivity contribution in [3.63, 3.8) is 0 Å². The lowest BCUT2D eigenvalue weighted by Crippen LogP contribution is -2.22. The summed E-state index contributed by atoms with van der Waals surface area (Å²) in [5, 5.41) is 6.57. The average Bonchev–Trinajstić information content (AvgIpc) is 2.74. The Morgan fingerprint density at radius 3 is 3.06 bits per heavy atom. The van der Waals surface area contributed by atoms with Crippen LogP contribution in [0, 0.1) is 0 Å². The number of nitrogens with one attached hydrogen (secondary N) is 1. The van der Waals surface area contributed by atoms with Crippen molar-refractivity contribution in [2.75, 3.05) is 12.4 Å². The van der Waals surface area contributed by atoms with Crippen LogP contribution in [0.4, 0.5) is 10.6 Å². The van der Waals surface area contributed by atoms with Crippen molar-refractivity contribution in [3.05, 3.63) is 22.7 Å². The maximum atomic E-state index is 11.6. The number of hydrogen-bond acceptors (Lipinski definition) is 5. The molecule has 1 N–H and O–H groups in total. The fraction of sp³-hybridized carbons (Fsp3) is 0.222. The van der Waals surface area contributed by atoms with Gasteiger partial charge in [0, 0.05) is 7.05 Å². The van der Waals surface area contributed by atoms with E-state index in [4.69, 9.17) is 4.42 Å². The first-order chi connectivity index (χ1) is 7.63. The molecule has 0 saturated carbocycles. The number of carbonyl (C=O) groups excluding carboxylic acids is 1. The molecule has 2 aromatic heterocycles. The molecule has 0 spiro atoms. The van der Waals surface area contributed by atoms with Crippen molar-refractivity contribution in [1.29, 1.82) is 0 Å². The molecule has 0 aliphatic rings. The minimum absolute atomic E-state index is 0.147. The Morgan fingerprint density at radius 1 is 1.62 bits per heavy atom. The highest BCUT2D eigenvalue weighted by molar-refractivity contribution is 5.94. The first kappa shape index (κ1) is 10.2. The average molecular weight is 223 g/mol. The number of fused-ring (bicyclic) bond motifs is 1. The van der Waals surface area contributed by atoms with Crippen LogP contribution in [0.1, 0.15) is 0 Å². The van der Waals surface area contributed by atoms with Gasteiger partial charge in [-0.1, -0.05) is 0 Å². The third-order valence-electron chi connectivity index (χ3n) is 2.06. The quantitative estimate of drug-likeness (QED) is 0.769. The monoisotopic (exact) mass is 223 g/mol. The van der Waals surface area contributed by atoms with Gasteiger partial charge in [0.2, 0.25) is 0 Å². The summed E-state index contributed by atoms with van der Waals surface area (Å²) < 4.78 is 10.6. The van der Waals surface area contributed by atoms with E-state index in [0.29, 0.717) is 5.39 Å². The normalized spacial score (nSPS) is 10.4. The Balaban J connectivity index is 2.61. The predicted molar refractivity (Wildman–Crippen MR) is 55.3 cm³/mol. The van der Waals surface area contributed by atoms with Crippen LogP contribution < -0.4 is 10.9 Å². The topological polar surface area (TPSA) is 86.4 Å². The zero-order valence-electron chi connectivity index (χ0n) is 8.68. The van der Waals surface area contributed by atoms with E-state index in [-0.39, 0.29) is 17.0 Å². The van der Waals surface area contributed by atoms with E-state index < -0.39 is 6.09 Å². The molecule has 0 aliphatic carbocycles. The van der Waals surface area contributed by atoms with E-state index >= 15 is 0 Å². The van der Waals surface area contributed by atoms with Crippen LogP contribution in [0.5, 0.6) is 0 Å². The van der Waals surface area contributed by atoms with Crippen LogP contribution in [0.15, 0.2) is 21.5 Å². The Morgan fingerprint density at radius 2 is 2.38 bits per heavy atom. The number of nitrogens with zero attached hydrogens (tertiary/aromatic N) is 2. The second-order valence-electron chi connectivity index (χ2n) is 3.06. The number of aromatic nitrogens is 2. The number of hydrogen-bond donors (Lipinski definition) is 1. The lowest BCUT2D eigenvalue weighted by atomic mass is 10.3. The van der Waals surface area contributed by atoms with Gasteiger partial charge in [-0.3, -0.25) is 10.1 Å². The maximum Gasteiger partial charge on any atom is 0.412 e. The summed E-state index contributed by atoms with van der Waals surface area (Å²) in [6.45, 7) is 0. The smallest absolute Gasteiger partial charge is 0.412 e. The third-order valence-corrected chi connectivity index (χ3v) is 2.06. The van der Waals surface area contributed by atoms with E-state index in [0.717, 1.165) is 4.68 Å². The number of methoxy groups -OCH3 is 1. The standard InChI is InChI=1S/C9H9N3O4/c1-12-8(13)5-3-4-16-6(5)7(11-12)10-9(14)15-2/h3-4H,1-2H3,(H,10,11,14). The van der Waals surface area contributed by atoms with Gasteiger partial charge in [0.1, 0.15) is 0 Å². The molecule has 0 atom stereocenters. The molecule has 0 saturated heterocycles. The van der Waals surface area contributed by atoms with Crippen molar-refractivity contribution in [1.82, 2.24) is 9.78 Å². The van der Waals surface area contributed by atoms with Crippen LogP contribution in [0.25, 0.3) is 11.0 Å². The lowest BCUT2D eigenvalue weighted by Gasteiger charge is -2.04. The van der Waals surface area contributed by atoms with Crippen LogP contribution in [-0.2, 0) is 11.8 Å². The van der Waals surface area contributed by atoms with E-state index in [9.17, 15) is 9.59 Å². The molecule has 0 radical (unpaired) electrons. The molecule has 2 aromatic rings. The summed E-state index contributed by atoms with van der Waals surface area (Å²) in [4.78, 5) is 22.6. The Hall–Kier alpha value is -2.31. The first-order valence-corrected chi connectivity index (χ1v) is 4.43. The van der Waals surface area contributed by atoms with Crippen molar-refractivity contribution >= 4 is 22.9 Å². The largest absolute Gasteiger partial charge is 0.460 e. The summed E-state index contributed by atoms with van der Waals surface area (Å²) in [5.74, 6) is 0.147. The second-order valence-corrected chi connectivity index (χ2v) is 3.06. The predicted octanol–water partition coefficient (Wildman–Crippen LogP) is 0.705.